The molecule has 1 atom stereocenters. The van der Waals surface area contributed by atoms with Gasteiger partial charge in [-0.05, 0) is 68.7 Å². The topological polar surface area (TPSA) is 24.1 Å². The molecule has 0 spiro atoms. The van der Waals surface area contributed by atoms with Crippen molar-refractivity contribution in [2.24, 2.45) is 0 Å². The van der Waals surface area contributed by atoms with Crippen molar-refractivity contribution >= 4 is 23.0 Å². The zero-order valence-electron chi connectivity index (χ0n) is 13.0. The Balaban J connectivity index is 2.03. The highest BCUT2D eigenvalue weighted by Gasteiger charge is 2.10. The van der Waals surface area contributed by atoms with Gasteiger partial charge in [-0.1, -0.05) is 35.9 Å². The fourth-order valence-electron chi connectivity index (χ4n) is 2.39. The van der Waals surface area contributed by atoms with E-state index in [4.69, 9.17) is 12.2 Å². The SMILES string of the molecule is Cc1cccc(NC(=S)NC(C)c2cc(C)ccc2C)c1. The summed E-state index contributed by atoms with van der Waals surface area (Å²) in [5.74, 6) is 0. The van der Waals surface area contributed by atoms with Crippen LogP contribution in [0.25, 0.3) is 0 Å². The molecule has 1 unspecified atom stereocenters. The molecule has 0 fully saturated rings. The second-order valence-electron chi connectivity index (χ2n) is 5.55. The van der Waals surface area contributed by atoms with Crippen LogP contribution in [0.15, 0.2) is 42.5 Å². The molecule has 0 amide bonds. The smallest absolute Gasteiger partial charge is 0.171 e. The number of rotatable bonds is 3. The number of hydrogen-bond acceptors (Lipinski definition) is 1. The van der Waals surface area contributed by atoms with Crippen molar-refractivity contribution in [2.75, 3.05) is 5.32 Å². The van der Waals surface area contributed by atoms with Crippen LogP contribution in [-0.2, 0) is 0 Å². The average Bonchev–Trinajstić information content (AvgIpc) is 2.41. The highest BCUT2D eigenvalue weighted by atomic mass is 32.1. The molecule has 0 aliphatic carbocycles. The van der Waals surface area contributed by atoms with Gasteiger partial charge >= 0.3 is 0 Å². The molecule has 2 aromatic rings. The van der Waals surface area contributed by atoms with E-state index in [1.165, 1.54) is 22.3 Å². The van der Waals surface area contributed by atoms with E-state index in [-0.39, 0.29) is 6.04 Å². The lowest BCUT2D eigenvalue weighted by Gasteiger charge is -2.19. The minimum absolute atomic E-state index is 0.176. The lowest BCUT2D eigenvalue weighted by atomic mass is 10.0. The molecule has 0 radical (unpaired) electrons. The Labute approximate surface area is 132 Å². The molecule has 3 heteroatoms. The first kappa shape index (κ1) is 15.5. The third kappa shape index (κ3) is 4.30. The molecule has 2 nitrogen and oxygen atoms in total. The molecule has 0 aliphatic rings. The molecule has 0 aliphatic heterocycles. The molecular formula is C18H22N2S. The van der Waals surface area contributed by atoms with E-state index in [2.05, 4.69) is 68.7 Å². The minimum atomic E-state index is 0.176. The van der Waals surface area contributed by atoms with Crippen LogP contribution in [0.5, 0.6) is 0 Å². The van der Waals surface area contributed by atoms with Crippen LogP contribution < -0.4 is 10.6 Å². The number of hydrogen-bond donors (Lipinski definition) is 2. The maximum absolute atomic E-state index is 5.41. The Morgan fingerprint density at radius 3 is 2.43 bits per heavy atom. The Morgan fingerprint density at radius 1 is 1.00 bits per heavy atom. The second kappa shape index (κ2) is 6.72. The molecule has 2 rings (SSSR count). The molecule has 21 heavy (non-hydrogen) atoms. The van der Waals surface area contributed by atoms with E-state index in [1.807, 2.05) is 12.1 Å². The van der Waals surface area contributed by atoms with Gasteiger partial charge in [-0.2, -0.15) is 0 Å². The van der Waals surface area contributed by atoms with Gasteiger partial charge in [0, 0.05) is 5.69 Å². The lowest BCUT2D eigenvalue weighted by Crippen LogP contribution is -2.31. The number of benzene rings is 2. The van der Waals surface area contributed by atoms with E-state index in [0.29, 0.717) is 5.11 Å². The Bertz CT molecular complexity index is 649. The largest absolute Gasteiger partial charge is 0.356 e. The third-order valence-electron chi connectivity index (χ3n) is 3.52. The fourth-order valence-corrected chi connectivity index (χ4v) is 2.69. The van der Waals surface area contributed by atoms with Crippen LogP contribution in [0.2, 0.25) is 0 Å². The number of nitrogens with one attached hydrogen (secondary N) is 2. The molecule has 0 bridgehead atoms. The van der Waals surface area contributed by atoms with Gasteiger partial charge in [-0.25, -0.2) is 0 Å². The van der Waals surface area contributed by atoms with Gasteiger partial charge in [0.15, 0.2) is 5.11 Å². The van der Waals surface area contributed by atoms with Gasteiger partial charge in [-0.3, -0.25) is 0 Å². The standard InChI is InChI=1S/C18H22N2S/c1-12-6-5-7-16(10-12)20-18(21)19-15(4)17-11-13(2)8-9-14(17)3/h5-11,15H,1-4H3,(H2,19,20,21). The first-order valence-electron chi connectivity index (χ1n) is 7.17. The lowest BCUT2D eigenvalue weighted by molar-refractivity contribution is 0.716. The average molecular weight is 298 g/mol. The predicted octanol–water partition coefficient (Wildman–Crippen LogP) is 4.66. The van der Waals surface area contributed by atoms with Crippen molar-refractivity contribution in [3.8, 4) is 0 Å². The molecule has 2 N–H and O–H groups in total. The molecule has 0 saturated heterocycles. The Morgan fingerprint density at radius 2 is 1.71 bits per heavy atom. The molecule has 0 saturated carbocycles. The van der Waals surface area contributed by atoms with Gasteiger partial charge < -0.3 is 10.6 Å². The summed E-state index contributed by atoms with van der Waals surface area (Å²) >= 11 is 5.41. The monoisotopic (exact) mass is 298 g/mol. The maximum Gasteiger partial charge on any atom is 0.171 e. The van der Waals surface area contributed by atoms with Gasteiger partial charge in [0.2, 0.25) is 0 Å². The van der Waals surface area contributed by atoms with Crippen LogP contribution >= 0.6 is 12.2 Å². The first-order chi connectivity index (χ1) is 9.95. The van der Waals surface area contributed by atoms with Gasteiger partial charge in [-0.15, -0.1) is 0 Å². The van der Waals surface area contributed by atoms with E-state index < -0.39 is 0 Å². The molecular weight excluding hydrogens is 276 g/mol. The highest BCUT2D eigenvalue weighted by molar-refractivity contribution is 7.80. The predicted molar refractivity (Wildman–Crippen MR) is 94.9 cm³/mol. The Hall–Kier alpha value is -1.87. The van der Waals surface area contributed by atoms with Crippen LogP contribution in [0, 0.1) is 20.8 Å². The summed E-state index contributed by atoms with van der Waals surface area (Å²) in [5.41, 5.74) is 6.05. The summed E-state index contributed by atoms with van der Waals surface area (Å²) in [7, 11) is 0. The van der Waals surface area contributed by atoms with Crippen LogP contribution in [0.3, 0.4) is 0 Å². The molecule has 110 valence electrons. The molecule has 0 heterocycles. The summed E-state index contributed by atoms with van der Waals surface area (Å²) in [6.45, 7) is 8.44. The van der Waals surface area contributed by atoms with Crippen LogP contribution in [0.1, 0.15) is 35.2 Å². The van der Waals surface area contributed by atoms with Crippen molar-refractivity contribution < 1.29 is 0 Å². The molecule has 0 aromatic heterocycles. The van der Waals surface area contributed by atoms with Gasteiger partial charge in [0.25, 0.3) is 0 Å². The van der Waals surface area contributed by atoms with E-state index in [0.717, 1.165) is 5.69 Å². The molecule has 2 aromatic carbocycles. The second-order valence-corrected chi connectivity index (χ2v) is 5.96. The van der Waals surface area contributed by atoms with E-state index >= 15 is 0 Å². The zero-order chi connectivity index (χ0) is 15.4. The summed E-state index contributed by atoms with van der Waals surface area (Å²) in [5, 5.41) is 7.24. The number of thiocarbonyl (C=S) groups is 1. The normalized spacial score (nSPS) is 11.8. The summed E-state index contributed by atoms with van der Waals surface area (Å²) in [6, 6.07) is 14.9. The minimum Gasteiger partial charge on any atom is -0.356 e. The highest BCUT2D eigenvalue weighted by Crippen LogP contribution is 2.19. The van der Waals surface area contributed by atoms with Crippen molar-refractivity contribution in [2.45, 2.75) is 33.7 Å². The van der Waals surface area contributed by atoms with Crippen molar-refractivity contribution in [1.29, 1.82) is 0 Å². The van der Waals surface area contributed by atoms with Crippen molar-refractivity contribution in [1.82, 2.24) is 5.32 Å². The summed E-state index contributed by atoms with van der Waals surface area (Å²) in [6.07, 6.45) is 0. The van der Waals surface area contributed by atoms with Crippen molar-refractivity contribution in [3.05, 3.63) is 64.7 Å². The third-order valence-corrected chi connectivity index (χ3v) is 3.74. The summed E-state index contributed by atoms with van der Waals surface area (Å²) in [4.78, 5) is 0. The van der Waals surface area contributed by atoms with Crippen LogP contribution in [-0.4, -0.2) is 5.11 Å². The number of aryl methyl sites for hydroxylation is 3. The summed E-state index contributed by atoms with van der Waals surface area (Å²) < 4.78 is 0. The zero-order valence-corrected chi connectivity index (χ0v) is 13.8. The van der Waals surface area contributed by atoms with Crippen LogP contribution in [0.4, 0.5) is 5.69 Å². The first-order valence-corrected chi connectivity index (χ1v) is 7.58. The Kier molecular flexibility index (Phi) is 4.97. The van der Waals surface area contributed by atoms with E-state index in [9.17, 15) is 0 Å². The fraction of sp³-hybridized carbons (Fsp3) is 0.278. The van der Waals surface area contributed by atoms with E-state index in [1.54, 1.807) is 0 Å². The van der Waals surface area contributed by atoms with Gasteiger partial charge in [0.1, 0.15) is 0 Å². The maximum atomic E-state index is 5.41. The van der Waals surface area contributed by atoms with Gasteiger partial charge in [0.05, 0.1) is 6.04 Å². The van der Waals surface area contributed by atoms with Crippen molar-refractivity contribution in [3.63, 3.8) is 0 Å². The number of anilines is 1. The quantitative estimate of drug-likeness (QED) is 0.806.